The molecular weight excluding hydrogens is 344 g/mol. The summed E-state index contributed by atoms with van der Waals surface area (Å²) in [5.74, 6) is 0. The molecule has 3 rings (SSSR count). The van der Waals surface area contributed by atoms with E-state index in [1.165, 1.54) is 11.6 Å². The van der Waals surface area contributed by atoms with Crippen molar-refractivity contribution in [2.75, 3.05) is 0 Å². The Bertz CT molecular complexity index is 1000. The molecule has 0 amide bonds. The molecule has 0 saturated heterocycles. The summed E-state index contributed by atoms with van der Waals surface area (Å²) in [6, 6.07) is 12.7. The number of benzene rings is 2. The number of hydrogen-bond acceptors (Lipinski definition) is 4. The Morgan fingerprint density at radius 2 is 2.04 bits per heavy atom. The molecule has 5 heteroatoms. The lowest BCUT2D eigenvalue weighted by Gasteiger charge is -2.02. The number of allylic oxidation sites excluding steroid dienone is 4. The Balaban J connectivity index is 2.04. The van der Waals surface area contributed by atoms with Crippen LogP contribution in [0.2, 0.25) is 0 Å². The van der Waals surface area contributed by atoms with Gasteiger partial charge >= 0.3 is 0 Å². The Kier molecular flexibility index (Phi) is 5.58. The summed E-state index contributed by atoms with van der Waals surface area (Å²) >= 11 is 1.63. The van der Waals surface area contributed by atoms with Crippen LogP contribution in [0.1, 0.15) is 31.7 Å². The molecule has 0 bridgehead atoms. The van der Waals surface area contributed by atoms with Gasteiger partial charge in [0.1, 0.15) is 5.01 Å². The molecule has 0 saturated carbocycles. The molecule has 0 spiro atoms. The average Bonchev–Trinajstić information content (AvgIpc) is 3.08. The number of rotatable bonds is 6. The van der Waals surface area contributed by atoms with Gasteiger partial charge in [-0.3, -0.25) is 10.1 Å². The molecule has 0 aliphatic rings. The van der Waals surface area contributed by atoms with Crippen LogP contribution in [-0.4, -0.2) is 9.91 Å². The highest BCUT2D eigenvalue weighted by molar-refractivity contribution is 7.19. The van der Waals surface area contributed by atoms with Crippen LogP contribution < -0.4 is 0 Å². The van der Waals surface area contributed by atoms with Gasteiger partial charge < -0.3 is 0 Å². The van der Waals surface area contributed by atoms with Crippen molar-refractivity contribution in [2.24, 2.45) is 0 Å². The minimum Gasteiger partial charge on any atom is -0.258 e. The number of aromatic nitrogens is 1. The summed E-state index contributed by atoms with van der Waals surface area (Å²) in [6.07, 6.45) is 8.22. The van der Waals surface area contributed by atoms with Gasteiger partial charge in [-0.15, -0.1) is 11.3 Å². The van der Waals surface area contributed by atoms with Crippen LogP contribution in [0.3, 0.4) is 0 Å². The van der Waals surface area contributed by atoms with Crippen LogP contribution in [0.25, 0.3) is 26.9 Å². The van der Waals surface area contributed by atoms with E-state index in [2.05, 4.69) is 32.1 Å². The summed E-state index contributed by atoms with van der Waals surface area (Å²) in [7, 11) is 0. The molecule has 1 aromatic heterocycles. The van der Waals surface area contributed by atoms with Crippen LogP contribution in [0.15, 0.2) is 60.7 Å². The van der Waals surface area contributed by atoms with Gasteiger partial charge in [0.15, 0.2) is 0 Å². The van der Waals surface area contributed by atoms with Gasteiger partial charge in [0.05, 0.1) is 20.7 Å². The molecule has 3 aromatic rings. The maximum absolute atomic E-state index is 11.3. The maximum atomic E-state index is 11.3. The molecule has 0 atom stereocenters. The quantitative estimate of drug-likeness (QED) is 0.280. The summed E-state index contributed by atoms with van der Waals surface area (Å²) in [6.45, 7) is 4.23. The number of hydrogen-bond donors (Lipinski definition) is 0. The van der Waals surface area contributed by atoms with Crippen molar-refractivity contribution in [1.29, 1.82) is 0 Å². The van der Waals surface area contributed by atoms with E-state index in [1.54, 1.807) is 23.5 Å². The van der Waals surface area contributed by atoms with Crippen molar-refractivity contribution >= 4 is 32.8 Å². The number of thiazole rings is 1. The van der Waals surface area contributed by atoms with E-state index in [1.807, 2.05) is 24.3 Å². The summed E-state index contributed by atoms with van der Waals surface area (Å²) < 4.78 is 1.04. The van der Waals surface area contributed by atoms with Gasteiger partial charge in [-0.25, -0.2) is 4.98 Å². The average molecular weight is 364 g/mol. The van der Waals surface area contributed by atoms with Crippen LogP contribution in [0, 0.1) is 10.1 Å². The molecule has 0 unspecified atom stereocenters. The van der Waals surface area contributed by atoms with E-state index < -0.39 is 0 Å². The molecule has 1 heterocycles. The van der Waals surface area contributed by atoms with Gasteiger partial charge in [0.25, 0.3) is 5.69 Å². The van der Waals surface area contributed by atoms with Crippen LogP contribution in [0.4, 0.5) is 5.69 Å². The first-order chi connectivity index (χ1) is 12.6. The minimum absolute atomic E-state index is 0.121. The summed E-state index contributed by atoms with van der Waals surface area (Å²) in [5.41, 5.74) is 3.71. The van der Waals surface area contributed by atoms with Crippen molar-refractivity contribution < 1.29 is 4.92 Å². The molecular formula is C21H20N2O2S. The minimum atomic E-state index is -0.338. The Morgan fingerprint density at radius 3 is 2.77 bits per heavy atom. The Morgan fingerprint density at radius 1 is 1.23 bits per heavy atom. The largest absolute Gasteiger partial charge is 0.277 e. The zero-order chi connectivity index (χ0) is 18.5. The second-order valence-corrected chi connectivity index (χ2v) is 6.89. The number of fused-ring (bicyclic) bond motifs is 1. The lowest BCUT2D eigenvalue weighted by Crippen LogP contribution is -1.91. The first kappa shape index (κ1) is 18.0. The number of para-hydroxylation sites is 1. The van der Waals surface area contributed by atoms with Gasteiger partial charge in [-0.2, -0.15) is 0 Å². The standard InChI is InChI=1S/C21H20N2O2S/c1-3-5-6-9-15(4-2)21-22-18-13-12-16(14-20(18)26-21)17-10-7-8-11-19(17)23(24)25/h5-14H,3-4H2,1-2H3/b6-5-,15-9+. The molecule has 0 aliphatic heterocycles. The normalized spacial score (nSPS) is 12.2. The van der Waals surface area contributed by atoms with Crippen molar-refractivity contribution in [3.8, 4) is 11.1 Å². The number of nitrogens with zero attached hydrogens (tertiary/aromatic N) is 2. The smallest absolute Gasteiger partial charge is 0.258 e. The van der Waals surface area contributed by atoms with Gasteiger partial charge in [-0.1, -0.05) is 50.3 Å². The molecule has 26 heavy (non-hydrogen) atoms. The summed E-state index contributed by atoms with van der Waals surface area (Å²) in [4.78, 5) is 15.7. The zero-order valence-electron chi connectivity index (χ0n) is 14.8. The first-order valence-corrected chi connectivity index (χ1v) is 9.46. The van der Waals surface area contributed by atoms with Crippen LogP contribution in [0.5, 0.6) is 0 Å². The third-order valence-electron chi connectivity index (χ3n) is 4.12. The van der Waals surface area contributed by atoms with Crippen molar-refractivity contribution in [3.63, 3.8) is 0 Å². The Hall–Kier alpha value is -2.79. The highest BCUT2D eigenvalue weighted by atomic mass is 32.1. The molecule has 0 radical (unpaired) electrons. The third kappa shape index (κ3) is 3.73. The van der Waals surface area contributed by atoms with E-state index in [-0.39, 0.29) is 10.6 Å². The monoisotopic (exact) mass is 364 g/mol. The van der Waals surface area contributed by atoms with E-state index in [0.717, 1.165) is 33.6 Å². The second-order valence-electron chi connectivity index (χ2n) is 5.86. The lowest BCUT2D eigenvalue weighted by molar-refractivity contribution is -0.384. The number of nitro groups is 1. The number of nitro benzene ring substituents is 1. The lowest BCUT2D eigenvalue weighted by atomic mass is 10.0. The first-order valence-electron chi connectivity index (χ1n) is 8.64. The molecule has 132 valence electrons. The topological polar surface area (TPSA) is 56.0 Å². The predicted octanol–water partition coefficient (Wildman–Crippen LogP) is 6.63. The van der Waals surface area contributed by atoms with Crippen LogP contribution >= 0.6 is 11.3 Å². The molecule has 0 N–H and O–H groups in total. The summed E-state index contributed by atoms with van der Waals surface area (Å²) in [5, 5.41) is 12.3. The van der Waals surface area contributed by atoms with E-state index in [4.69, 9.17) is 4.98 Å². The SMILES string of the molecule is CC/C=C\C=C(/CC)c1nc2ccc(-c3ccccc3[N+](=O)[O-])cc2s1. The fourth-order valence-corrected chi connectivity index (χ4v) is 3.87. The van der Waals surface area contributed by atoms with Crippen LogP contribution in [-0.2, 0) is 0 Å². The fourth-order valence-electron chi connectivity index (χ4n) is 2.77. The van der Waals surface area contributed by atoms with Crippen molar-refractivity contribution in [1.82, 2.24) is 4.98 Å². The fraction of sp³-hybridized carbons (Fsp3) is 0.190. The second kappa shape index (κ2) is 8.06. The zero-order valence-corrected chi connectivity index (χ0v) is 15.6. The maximum Gasteiger partial charge on any atom is 0.277 e. The van der Waals surface area contributed by atoms with E-state index in [0.29, 0.717) is 5.56 Å². The Labute approximate surface area is 156 Å². The molecule has 0 fully saturated rings. The molecule has 2 aromatic carbocycles. The van der Waals surface area contributed by atoms with E-state index >= 15 is 0 Å². The highest BCUT2D eigenvalue weighted by Crippen LogP contribution is 2.35. The van der Waals surface area contributed by atoms with Gasteiger partial charge in [-0.05, 0) is 42.2 Å². The van der Waals surface area contributed by atoms with E-state index in [9.17, 15) is 10.1 Å². The van der Waals surface area contributed by atoms with Gasteiger partial charge in [0, 0.05) is 6.07 Å². The molecule has 0 aliphatic carbocycles. The van der Waals surface area contributed by atoms with Crippen molar-refractivity contribution in [2.45, 2.75) is 26.7 Å². The highest BCUT2D eigenvalue weighted by Gasteiger charge is 2.15. The molecule has 4 nitrogen and oxygen atoms in total. The third-order valence-corrected chi connectivity index (χ3v) is 5.22. The van der Waals surface area contributed by atoms with Gasteiger partial charge in [0.2, 0.25) is 0 Å². The predicted molar refractivity (Wildman–Crippen MR) is 109 cm³/mol. The van der Waals surface area contributed by atoms with Crippen molar-refractivity contribution in [3.05, 3.63) is 75.8 Å².